The van der Waals surface area contributed by atoms with Gasteiger partial charge in [-0.2, -0.15) is 5.10 Å². The number of anilines is 2. The average Bonchev–Trinajstić information content (AvgIpc) is 3.64. The number of rotatable bonds is 10. The Kier molecular flexibility index (Phi) is 8.39. The van der Waals surface area contributed by atoms with E-state index >= 15 is 0 Å². The van der Waals surface area contributed by atoms with Crippen LogP contribution in [0.3, 0.4) is 0 Å². The highest BCUT2D eigenvalue weighted by molar-refractivity contribution is 5.87. The lowest BCUT2D eigenvalue weighted by Gasteiger charge is -2.36. The second kappa shape index (κ2) is 12.4. The second-order valence-corrected chi connectivity index (χ2v) is 11.4. The van der Waals surface area contributed by atoms with Gasteiger partial charge in [-0.05, 0) is 50.7 Å². The smallest absolute Gasteiger partial charge is 0.415 e. The predicted octanol–water partition coefficient (Wildman–Crippen LogP) is 1.41. The molecule has 0 bridgehead atoms. The van der Waals surface area contributed by atoms with Gasteiger partial charge in [-0.3, -0.25) is 10.00 Å². The number of methoxy groups -OCH3 is 1. The molecule has 7 N–H and O–H groups in total. The Morgan fingerprint density at radius 3 is 2.33 bits per heavy atom. The summed E-state index contributed by atoms with van der Waals surface area (Å²) >= 11 is 0. The molecule has 2 fully saturated rings. The molecular formula is C29H33N9O8. The van der Waals surface area contributed by atoms with Gasteiger partial charge in [0.15, 0.2) is 11.4 Å². The van der Waals surface area contributed by atoms with Crippen LogP contribution >= 0.6 is 0 Å². The highest BCUT2D eigenvalue weighted by Gasteiger charge is 2.43. The molecule has 0 atom stereocenters. The van der Waals surface area contributed by atoms with Crippen molar-refractivity contribution in [3.05, 3.63) is 48.7 Å². The van der Waals surface area contributed by atoms with Crippen molar-refractivity contribution in [2.75, 3.05) is 23.9 Å². The third-order valence-corrected chi connectivity index (χ3v) is 8.02. The van der Waals surface area contributed by atoms with E-state index in [0.29, 0.717) is 44.3 Å². The number of nitrogens with one attached hydrogen (secondary N) is 2. The normalized spacial score (nSPS) is 18.9. The molecule has 4 aromatic heterocycles. The number of pyridine rings is 1. The van der Waals surface area contributed by atoms with Crippen LogP contribution in [0.25, 0.3) is 22.5 Å². The summed E-state index contributed by atoms with van der Waals surface area (Å²) in [5, 5.41) is 59.3. The van der Waals surface area contributed by atoms with E-state index in [-0.39, 0.29) is 47.8 Å². The summed E-state index contributed by atoms with van der Waals surface area (Å²) < 4.78 is 10.6. The first-order valence-electron chi connectivity index (χ1n) is 14.6. The molecule has 0 radical (unpaired) electrons. The van der Waals surface area contributed by atoms with E-state index in [2.05, 4.69) is 40.4 Å². The molecule has 4 aromatic rings. The fourth-order valence-corrected chi connectivity index (χ4v) is 5.25. The first-order chi connectivity index (χ1) is 22.0. The first kappa shape index (κ1) is 31.0. The largest absolute Gasteiger partial charge is 0.504 e. The minimum Gasteiger partial charge on any atom is -0.504 e. The number of hydrogen-bond acceptors (Lipinski definition) is 15. The van der Waals surface area contributed by atoms with E-state index in [1.54, 1.807) is 24.7 Å². The molecule has 2 aliphatic carbocycles. The van der Waals surface area contributed by atoms with Gasteiger partial charge in [-0.25, -0.2) is 29.7 Å². The monoisotopic (exact) mass is 635 g/mol. The number of hydrogen-bond donors (Lipinski definition) is 7. The molecule has 1 amide bonds. The van der Waals surface area contributed by atoms with Gasteiger partial charge in [0.1, 0.15) is 18.1 Å². The number of aromatic hydroxyl groups is 1. The van der Waals surface area contributed by atoms with Crippen molar-refractivity contribution in [2.24, 2.45) is 0 Å². The highest BCUT2D eigenvalue weighted by atomic mass is 16.7. The molecule has 17 nitrogen and oxygen atoms in total. The molecular weight excluding hydrogens is 602 g/mol. The maximum Gasteiger partial charge on any atom is 0.415 e. The van der Waals surface area contributed by atoms with Crippen LogP contribution < -0.4 is 15.0 Å². The van der Waals surface area contributed by atoms with E-state index in [1.165, 1.54) is 18.2 Å². The fraction of sp³-hybridized carbons (Fsp3) is 0.414. The van der Waals surface area contributed by atoms with Crippen LogP contribution in [-0.2, 0) is 10.7 Å². The van der Waals surface area contributed by atoms with Crippen molar-refractivity contribution in [2.45, 2.75) is 62.2 Å². The zero-order valence-electron chi connectivity index (χ0n) is 24.7. The fourth-order valence-electron chi connectivity index (χ4n) is 5.25. The molecule has 2 saturated carbocycles. The van der Waals surface area contributed by atoms with Gasteiger partial charge in [0.2, 0.25) is 5.95 Å². The molecule has 4 heterocycles. The van der Waals surface area contributed by atoms with E-state index in [4.69, 9.17) is 9.47 Å². The number of carbonyl (C=O) groups excluding carboxylic acids is 1. The van der Waals surface area contributed by atoms with E-state index in [9.17, 15) is 30.3 Å². The first-order valence-corrected chi connectivity index (χ1v) is 14.6. The molecule has 0 unspecified atom stereocenters. The average molecular weight is 636 g/mol. The summed E-state index contributed by atoms with van der Waals surface area (Å²) in [4.78, 5) is 36.1. The lowest BCUT2D eigenvalue weighted by atomic mass is 9.90. The molecule has 6 rings (SSSR count). The van der Waals surface area contributed by atoms with Crippen molar-refractivity contribution >= 4 is 17.9 Å². The summed E-state index contributed by atoms with van der Waals surface area (Å²) in [6, 6.07) is 3.39. The number of ether oxygens (including phenoxy) is 2. The molecule has 2 aliphatic rings. The molecule has 0 aliphatic heterocycles. The zero-order chi connectivity index (χ0) is 32.5. The van der Waals surface area contributed by atoms with Gasteiger partial charge in [0.05, 0.1) is 24.5 Å². The van der Waals surface area contributed by atoms with Gasteiger partial charge < -0.3 is 40.3 Å². The van der Waals surface area contributed by atoms with Gasteiger partial charge in [0, 0.05) is 48.0 Å². The SMILES string of the molecule is COc1ncc(-c2ccc(N(C(=O)OCC3(O)CC3)[C@H]3CC[C@H](Nc4ncc(C(O)(O)O)c(-c5n[nH]cc5O)n4)CC3)nc2)cn1. The van der Waals surface area contributed by atoms with Gasteiger partial charge in [-0.1, -0.05) is 0 Å². The van der Waals surface area contributed by atoms with Crippen LogP contribution in [0, 0.1) is 0 Å². The van der Waals surface area contributed by atoms with Crippen LogP contribution in [0.15, 0.2) is 43.1 Å². The molecule has 17 heteroatoms. The molecule has 242 valence electrons. The van der Waals surface area contributed by atoms with Gasteiger partial charge in [0.25, 0.3) is 0 Å². The highest BCUT2D eigenvalue weighted by Crippen LogP contribution is 2.36. The summed E-state index contributed by atoms with van der Waals surface area (Å²) in [6.45, 7) is -0.0987. The Labute approximate surface area is 262 Å². The Morgan fingerprint density at radius 1 is 1.02 bits per heavy atom. The third kappa shape index (κ3) is 6.81. The second-order valence-electron chi connectivity index (χ2n) is 11.4. The lowest BCUT2D eigenvalue weighted by Crippen LogP contribution is -2.45. The van der Waals surface area contributed by atoms with Crippen molar-refractivity contribution in [3.63, 3.8) is 0 Å². The summed E-state index contributed by atoms with van der Waals surface area (Å²) in [5.74, 6) is -3.07. The molecule has 0 saturated heterocycles. The van der Waals surface area contributed by atoms with Crippen LogP contribution in [-0.4, -0.2) is 98.1 Å². The molecule has 0 aromatic carbocycles. The van der Waals surface area contributed by atoms with Crippen molar-refractivity contribution < 1.29 is 39.8 Å². The minimum atomic E-state index is -3.26. The number of aliphatic hydroxyl groups is 4. The predicted molar refractivity (Wildman–Crippen MR) is 159 cm³/mol. The van der Waals surface area contributed by atoms with Crippen LogP contribution in [0.1, 0.15) is 44.1 Å². The summed E-state index contributed by atoms with van der Waals surface area (Å²) in [7, 11) is 1.48. The van der Waals surface area contributed by atoms with Gasteiger partial charge >= 0.3 is 18.1 Å². The minimum absolute atomic E-state index is 0.0987. The Morgan fingerprint density at radius 2 is 1.74 bits per heavy atom. The summed E-state index contributed by atoms with van der Waals surface area (Å²) in [6.07, 6.45) is 9.93. The molecule has 0 spiro atoms. The number of amides is 1. The van der Waals surface area contributed by atoms with E-state index in [1.807, 2.05) is 6.07 Å². The number of aromatic nitrogens is 7. The Bertz CT molecular complexity index is 1670. The Balaban J connectivity index is 1.17. The molecule has 46 heavy (non-hydrogen) atoms. The zero-order valence-corrected chi connectivity index (χ0v) is 24.7. The van der Waals surface area contributed by atoms with Crippen LogP contribution in [0.5, 0.6) is 11.8 Å². The van der Waals surface area contributed by atoms with E-state index in [0.717, 1.165) is 17.3 Å². The number of aromatic amines is 1. The standard InChI is InChI=1S/C29H33N9O8/c1-45-26-32-11-17(12-33-26)16-2-7-22(30-10-16)38(27(40)46-15-28(41)8-9-28)19-5-3-18(4-6-19)35-25-31-13-20(29(42,43)44)23(36-25)24-21(39)14-34-37-24/h2,7,10-14,18-19,39,41-44H,3-6,8-9,15H2,1H3,(H,34,37)(H,31,35,36)/t18-,19-. The Hall–Kier alpha value is -4.97. The van der Waals surface area contributed by atoms with Crippen LogP contribution in [0.2, 0.25) is 0 Å². The van der Waals surface area contributed by atoms with E-state index < -0.39 is 23.2 Å². The summed E-state index contributed by atoms with van der Waals surface area (Å²) in [5.41, 5.74) is -0.257. The van der Waals surface area contributed by atoms with Crippen molar-refractivity contribution in [3.8, 4) is 34.3 Å². The maximum atomic E-state index is 13.4. The van der Waals surface area contributed by atoms with Crippen molar-refractivity contribution in [1.82, 2.24) is 35.1 Å². The maximum absolute atomic E-state index is 13.4. The quantitative estimate of drug-likeness (QED) is 0.122. The number of carbonyl (C=O) groups is 1. The lowest BCUT2D eigenvalue weighted by molar-refractivity contribution is -0.323. The van der Waals surface area contributed by atoms with Crippen molar-refractivity contribution in [1.29, 1.82) is 0 Å². The van der Waals surface area contributed by atoms with Crippen LogP contribution in [0.4, 0.5) is 16.6 Å². The topological polar surface area (TPSA) is 245 Å². The number of nitrogens with zero attached hydrogens (tertiary/aromatic N) is 7. The number of H-pyrrole nitrogens is 1. The van der Waals surface area contributed by atoms with Gasteiger partial charge in [-0.15, -0.1) is 0 Å². The third-order valence-electron chi connectivity index (χ3n) is 8.02.